The van der Waals surface area contributed by atoms with Crippen molar-refractivity contribution in [2.75, 3.05) is 26.2 Å². The van der Waals surface area contributed by atoms with E-state index in [1.165, 1.54) is 47.6 Å². The number of nitrogens with zero attached hydrogens (tertiary/aromatic N) is 1. The summed E-state index contributed by atoms with van der Waals surface area (Å²) in [7, 11) is 0. The van der Waals surface area contributed by atoms with Crippen LogP contribution >= 0.6 is 27.3 Å². The molecule has 1 aliphatic heterocycles. The van der Waals surface area contributed by atoms with Crippen LogP contribution in [0.15, 0.2) is 15.9 Å². The molecule has 2 rings (SSSR count). The summed E-state index contributed by atoms with van der Waals surface area (Å²) in [4.78, 5) is 4.07. The van der Waals surface area contributed by atoms with Crippen LogP contribution in [-0.2, 0) is 6.42 Å². The molecule has 2 nitrogen and oxygen atoms in total. The quantitative estimate of drug-likeness (QED) is 0.867. The van der Waals surface area contributed by atoms with Crippen molar-refractivity contribution >= 4 is 27.3 Å². The molecule has 96 valence electrons. The summed E-state index contributed by atoms with van der Waals surface area (Å²) in [6, 6.07) is 5.11. The molecule has 0 spiro atoms. The first-order valence-electron chi connectivity index (χ1n) is 6.48. The topological polar surface area (TPSA) is 15.3 Å². The third-order valence-electron chi connectivity index (χ3n) is 3.26. The van der Waals surface area contributed by atoms with Gasteiger partial charge in [0.1, 0.15) is 0 Å². The van der Waals surface area contributed by atoms with Gasteiger partial charge >= 0.3 is 0 Å². The molecule has 1 N–H and O–H groups in total. The highest BCUT2D eigenvalue weighted by Gasteiger charge is 2.21. The van der Waals surface area contributed by atoms with Gasteiger partial charge in [0.05, 0.1) is 3.79 Å². The van der Waals surface area contributed by atoms with Crippen molar-refractivity contribution in [2.24, 2.45) is 0 Å². The molecule has 0 bridgehead atoms. The molecule has 17 heavy (non-hydrogen) atoms. The molecule has 2 heterocycles. The molecule has 0 saturated carbocycles. The third-order valence-corrected chi connectivity index (χ3v) is 4.94. The monoisotopic (exact) mass is 316 g/mol. The minimum absolute atomic E-state index is 0.727. The molecule has 1 fully saturated rings. The van der Waals surface area contributed by atoms with E-state index in [1.807, 2.05) is 11.3 Å². The Balaban J connectivity index is 1.67. The van der Waals surface area contributed by atoms with Crippen LogP contribution in [-0.4, -0.2) is 37.1 Å². The summed E-state index contributed by atoms with van der Waals surface area (Å²) in [6.07, 6.45) is 3.74. The number of halogens is 1. The SMILES string of the molecule is CCCNC1CCN(CCc2ccc(Br)s2)C1. The summed E-state index contributed by atoms with van der Waals surface area (Å²) in [6.45, 7) is 7.09. The number of hydrogen-bond acceptors (Lipinski definition) is 3. The summed E-state index contributed by atoms with van der Waals surface area (Å²) in [5, 5.41) is 3.62. The Kier molecular flexibility index (Phi) is 5.48. The lowest BCUT2D eigenvalue weighted by molar-refractivity contribution is 0.332. The molecule has 0 aromatic carbocycles. The second kappa shape index (κ2) is 6.88. The highest BCUT2D eigenvalue weighted by molar-refractivity contribution is 9.11. The Labute approximate surface area is 117 Å². The lowest BCUT2D eigenvalue weighted by atomic mass is 10.2. The zero-order valence-corrected chi connectivity index (χ0v) is 12.8. The van der Waals surface area contributed by atoms with Crippen LogP contribution in [0.4, 0.5) is 0 Å². The van der Waals surface area contributed by atoms with Crippen molar-refractivity contribution in [3.63, 3.8) is 0 Å². The average molecular weight is 317 g/mol. The van der Waals surface area contributed by atoms with Crippen molar-refractivity contribution in [3.8, 4) is 0 Å². The van der Waals surface area contributed by atoms with Crippen LogP contribution in [0, 0.1) is 0 Å². The largest absolute Gasteiger partial charge is 0.313 e. The third kappa shape index (κ3) is 4.36. The number of rotatable bonds is 6. The van der Waals surface area contributed by atoms with Gasteiger partial charge in [0, 0.05) is 24.0 Å². The van der Waals surface area contributed by atoms with Crippen molar-refractivity contribution in [2.45, 2.75) is 32.2 Å². The first kappa shape index (κ1) is 13.5. The van der Waals surface area contributed by atoms with Crippen LogP contribution in [0.25, 0.3) is 0 Å². The zero-order valence-electron chi connectivity index (χ0n) is 10.4. The van der Waals surface area contributed by atoms with Gasteiger partial charge in [0.15, 0.2) is 0 Å². The summed E-state index contributed by atoms with van der Waals surface area (Å²) < 4.78 is 1.25. The lowest BCUT2D eigenvalue weighted by Gasteiger charge is -2.15. The number of nitrogens with one attached hydrogen (secondary N) is 1. The number of hydrogen-bond donors (Lipinski definition) is 1. The first-order chi connectivity index (χ1) is 8.28. The summed E-state index contributed by atoms with van der Waals surface area (Å²) >= 11 is 5.38. The van der Waals surface area contributed by atoms with Crippen molar-refractivity contribution in [1.82, 2.24) is 10.2 Å². The van der Waals surface area contributed by atoms with Gasteiger partial charge in [-0.05, 0) is 60.4 Å². The second-order valence-electron chi connectivity index (χ2n) is 4.70. The fraction of sp³-hybridized carbons (Fsp3) is 0.692. The van der Waals surface area contributed by atoms with Crippen molar-refractivity contribution < 1.29 is 0 Å². The van der Waals surface area contributed by atoms with E-state index in [4.69, 9.17) is 0 Å². The Morgan fingerprint density at radius 2 is 2.41 bits per heavy atom. The van der Waals surface area contributed by atoms with Gasteiger partial charge in [-0.2, -0.15) is 0 Å². The maximum atomic E-state index is 3.62. The van der Waals surface area contributed by atoms with Gasteiger partial charge in [-0.3, -0.25) is 0 Å². The predicted octanol–water partition coefficient (Wildman–Crippen LogP) is 3.13. The van der Waals surface area contributed by atoms with Gasteiger partial charge in [0.2, 0.25) is 0 Å². The van der Waals surface area contributed by atoms with E-state index in [0.717, 1.165) is 12.6 Å². The Hall–Kier alpha value is 0.1000. The van der Waals surface area contributed by atoms with Gasteiger partial charge in [-0.25, -0.2) is 0 Å². The molecule has 1 aromatic rings. The van der Waals surface area contributed by atoms with Crippen molar-refractivity contribution in [3.05, 3.63) is 20.8 Å². The lowest BCUT2D eigenvalue weighted by Crippen LogP contribution is -2.33. The van der Waals surface area contributed by atoms with Crippen LogP contribution < -0.4 is 5.32 Å². The maximum absolute atomic E-state index is 3.62. The normalized spacial score (nSPS) is 21.2. The molecule has 0 aliphatic carbocycles. The minimum Gasteiger partial charge on any atom is -0.313 e. The average Bonchev–Trinajstić information content (AvgIpc) is 2.93. The molecule has 0 amide bonds. The standard InChI is InChI=1S/C13H21BrN2S/c1-2-7-15-11-5-8-16(10-11)9-6-12-3-4-13(14)17-12/h3-4,11,15H,2,5-10H2,1H3. The Morgan fingerprint density at radius 3 is 3.12 bits per heavy atom. The van der Waals surface area contributed by atoms with Gasteiger partial charge in [-0.1, -0.05) is 6.92 Å². The number of thiophene rings is 1. The first-order valence-corrected chi connectivity index (χ1v) is 8.09. The molecule has 4 heteroatoms. The Morgan fingerprint density at radius 1 is 1.53 bits per heavy atom. The predicted molar refractivity (Wildman–Crippen MR) is 78.9 cm³/mol. The zero-order chi connectivity index (χ0) is 12.1. The summed E-state index contributed by atoms with van der Waals surface area (Å²) in [5.41, 5.74) is 0. The molecular weight excluding hydrogens is 296 g/mol. The molecular formula is C13H21BrN2S. The van der Waals surface area contributed by atoms with E-state index in [0.29, 0.717) is 0 Å². The van der Waals surface area contributed by atoms with E-state index in [2.05, 4.69) is 45.2 Å². The van der Waals surface area contributed by atoms with E-state index >= 15 is 0 Å². The smallest absolute Gasteiger partial charge is 0.0701 e. The molecule has 1 aromatic heterocycles. The van der Waals surface area contributed by atoms with Crippen LogP contribution in [0.1, 0.15) is 24.6 Å². The van der Waals surface area contributed by atoms with E-state index in [1.54, 1.807) is 0 Å². The summed E-state index contributed by atoms with van der Waals surface area (Å²) in [5.74, 6) is 0. The minimum atomic E-state index is 0.727. The molecule has 0 radical (unpaired) electrons. The van der Waals surface area contributed by atoms with E-state index in [9.17, 15) is 0 Å². The highest BCUT2D eigenvalue weighted by Crippen LogP contribution is 2.23. The fourth-order valence-electron chi connectivity index (χ4n) is 2.31. The van der Waals surface area contributed by atoms with Gasteiger partial charge in [0.25, 0.3) is 0 Å². The molecule has 1 saturated heterocycles. The molecule has 1 unspecified atom stereocenters. The van der Waals surface area contributed by atoms with Crippen LogP contribution in [0.3, 0.4) is 0 Å². The Bertz CT molecular complexity index is 340. The highest BCUT2D eigenvalue weighted by atomic mass is 79.9. The van der Waals surface area contributed by atoms with Gasteiger partial charge < -0.3 is 10.2 Å². The fourth-order valence-corrected chi connectivity index (χ4v) is 3.78. The maximum Gasteiger partial charge on any atom is 0.0701 e. The van der Waals surface area contributed by atoms with Crippen LogP contribution in [0.2, 0.25) is 0 Å². The van der Waals surface area contributed by atoms with Gasteiger partial charge in [-0.15, -0.1) is 11.3 Å². The second-order valence-corrected chi connectivity index (χ2v) is 7.24. The number of likely N-dealkylation sites (tertiary alicyclic amines) is 1. The molecule has 1 atom stereocenters. The van der Waals surface area contributed by atoms with Crippen molar-refractivity contribution in [1.29, 1.82) is 0 Å². The van der Waals surface area contributed by atoms with Crippen LogP contribution in [0.5, 0.6) is 0 Å². The van der Waals surface area contributed by atoms with E-state index in [-0.39, 0.29) is 0 Å². The van der Waals surface area contributed by atoms with E-state index < -0.39 is 0 Å². The molecule has 1 aliphatic rings.